The number of amidine groups is 3. The lowest BCUT2D eigenvalue weighted by Gasteiger charge is -2.44. The molecule has 6 atom stereocenters. The van der Waals surface area contributed by atoms with Gasteiger partial charge in [0.05, 0.1) is 26.5 Å². The van der Waals surface area contributed by atoms with Crippen LogP contribution in [0.2, 0.25) is 0 Å². The summed E-state index contributed by atoms with van der Waals surface area (Å²) in [6.07, 6.45) is 8.61. The van der Waals surface area contributed by atoms with Crippen molar-refractivity contribution in [2.24, 2.45) is 32.7 Å². The Morgan fingerprint density at radius 2 is 0.817 bits per heavy atom. The molecule has 3 saturated carbocycles. The lowest BCUT2D eigenvalue weighted by molar-refractivity contribution is -0.385. The Bertz CT molecular complexity index is 2870. The molecule has 0 bridgehead atoms. The minimum absolute atomic E-state index is 0.0481. The van der Waals surface area contributed by atoms with Crippen LogP contribution in [0.1, 0.15) is 156 Å². The maximum atomic E-state index is 14.8. The van der Waals surface area contributed by atoms with Gasteiger partial charge in [-0.15, -0.1) is 0 Å². The summed E-state index contributed by atoms with van der Waals surface area (Å²) in [5.74, 6) is 1.09. The number of nitrogens with zero attached hydrogens (tertiary/aromatic N) is 5. The normalized spacial score (nSPS) is 25.1. The molecule has 5 N–H and O–H groups in total. The molecular weight excluding hydrogens is 1120 g/mol. The van der Waals surface area contributed by atoms with E-state index in [9.17, 15) is 47.8 Å². The fraction of sp³-hybridized carbons (Fsp3) is 0.579. The number of thioether (sulfide) groups is 3. The highest BCUT2D eigenvalue weighted by atomic mass is 32.2. The van der Waals surface area contributed by atoms with Gasteiger partial charge in [0.2, 0.25) is 0 Å². The number of carbonyl (C=O) groups is 3. The van der Waals surface area contributed by atoms with Crippen LogP contribution in [0, 0.1) is 55.4 Å². The van der Waals surface area contributed by atoms with Crippen molar-refractivity contribution < 1.29 is 51.6 Å². The summed E-state index contributed by atoms with van der Waals surface area (Å²) < 4.78 is 60.1. The summed E-state index contributed by atoms with van der Waals surface area (Å²) in [7, 11) is 0. The molecule has 25 heteroatoms. The smallest absolute Gasteiger partial charge is 0.413 e. The van der Waals surface area contributed by atoms with E-state index in [2.05, 4.69) is 16.0 Å². The molecule has 0 aromatic heterocycles. The first-order valence-corrected chi connectivity index (χ1v) is 30.5. The second kappa shape index (κ2) is 25.8. The molecule has 0 radical (unpaired) electrons. The zero-order valence-corrected chi connectivity index (χ0v) is 50.2. The van der Waals surface area contributed by atoms with Crippen molar-refractivity contribution in [3.05, 3.63) is 109 Å². The van der Waals surface area contributed by atoms with Crippen LogP contribution in [0.4, 0.5) is 44.6 Å². The van der Waals surface area contributed by atoms with E-state index in [1.165, 1.54) is 53.5 Å². The first-order valence-electron chi connectivity index (χ1n) is 27.5. The zero-order valence-electron chi connectivity index (χ0n) is 47.8. The SMILES string of the molecule is CC(C)(C)OC(=O)NC1=N[C@@]2(c3cc(N)ccc3F)CCCC[C@H]2CS1.CC(C)(C)OC(=O)NC1=N[C@@]2(c3cc([N+](=O)[O-])ccc3F)CCCC[C@H]2CS1.CC(C)(C)OC(=O)NC1=N[C@@]2(c3cc([N+](=O)[O-])ccc3F)CCCC[C@H]2CS1. The molecule has 3 heterocycles. The van der Waals surface area contributed by atoms with E-state index >= 15 is 0 Å². The predicted octanol–water partition coefficient (Wildman–Crippen LogP) is 13.9. The molecule has 3 aromatic carbocycles. The van der Waals surface area contributed by atoms with E-state index in [0.29, 0.717) is 51.1 Å². The van der Waals surface area contributed by atoms with Gasteiger partial charge in [-0.3, -0.25) is 51.2 Å². The molecule has 6 aliphatic rings. The van der Waals surface area contributed by atoms with Crippen molar-refractivity contribution in [2.75, 3.05) is 23.0 Å². The fourth-order valence-electron chi connectivity index (χ4n) is 11.4. The molecule has 446 valence electrons. The van der Waals surface area contributed by atoms with Gasteiger partial charge < -0.3 is 19.9 Å². The summed E-state index contributed by atoms with van der Waals surface area (Å²) in [6.45, 7) is 16.0. The van der Waals surface area contributed by atoms with Gasteiger partial charge in [0, 0.05) is 63.9 Å². The van der Waals surface area contributed by atoms with Crippen LogP contribution in [-0.2, 0) is 30.8 Å². The van der Waals surface area contributed by atoms with E-state index in [4.69, 9.17) is 34.9 Å². The quantitative estimate of drug-likeness (QED) is 0.0801. The number of non-ortho nitro benzene ring substituents is 2. The van der Waals surface area contributed by atoms with Gasteiger partial charge >= 0.3 is 18.3 Å². The van der Waals surface area contributed by atoms with Crippen LogP contribution in [-0.4, -0.2) is 77.7 Å². The summed E-state index contributed by atoms with van der Waals surface area (Å²) in [4.78, 5) is 72.1. The highest BCUT2D eigenvalue weighted by molar-refractivity contribution is 8.14. The molecular formula is C57H74F3N9O10S3. The van der Waals surface area contributed by atoms with Gasteiger partial charge in [-0.05, 0) is 149 Å². The van der Waals surface area contributed by atoms with E-state index in [0.717, 1.165) is 94.2 Å². The van der Waals surface area contributed by atoms with E-state index < -0.39 is 73.2 Å². The molecule has 0 saturated heterocycles. The highest BCUT2D eigenvalue weighted by Gasteiger charge is 2.50. The minimum Gasteiger partial charge on any atom is -0.444 e. The number of halogens is 3. The van der Waals surface area contributed by atoms with Gasteiger partial charge in [-0.25, -0.2) is 27.6 Å². The number of anilines is 1. The lowest BCUT2D eigenvalue weighted by atomic mass is 9.69. The zero-order chi connectivity index (χ0) is 60.0. The lowest BCUT2D eigenvalue weighted by Crippen LogP contribution is -2.45. The number of carbonyl (C=O) groups excluding carboxylic acids is 3. The molecule has 3 aliphatic carbocycles. The van der Waals surface area contributed by atoms with Crippen molar-refractivity contribution in [3.63, 3.8) is 0 Å². The third-order valence-electron chi connectivity index (χ3n) is 14.8. The molecule has 3 fully saturated rings. The van der Waals surface area contributed by atoms with Gasteiger partial charge in [0.1, 0.15) is 34.3 Å². The summed E-state index contributed by atoms with van der Waals surface area (Å²) >= 11 is 4.28. The van der Waals surface area contributed by atoms with Gasteiger partial charge in [0.15, 0.2) is 15.5 Å². The number of nitro benzene ring substituents is 2. The molecule has 0 spiro atoms. The second-order valence-electron chi connectivity index (χ2n) is 24.2. The topological polar surface area (TPSA) is 264 Å². The standard InChI is InChI=1S/2C19H24FN3O4S.C19H26FN3O2S/c2*1-18(2,3)27-17(24)21-16-22-19(9-5-4-6-12(19)11-28-16)14-10-13(23(25)26)7-8-15(14)20;1-18(2,3)25-17(24)22-16-23-19(9-5-4-6-12(19)11-26-16)14-10-13(21)7-8-15(14)20/h2*7-8,10,12H,4-6,9,11H2,1-3H3,(H,21,22,24);7-8,10,12H,4-6,9,11,21H2,1-3H3,(H,22,23,24)/t3*12-,19-/m000/s1. The number of nitrogens with two attached hydrogens (primary N) is 1. The van der Waals surface area contributed by atoms with Crippen LogP contribution >= 0.6 is 35.3 Å². The maximum absolute atomic E-state index is 14.8. The molecule has 19 nitrogen and oxygen atoms in total. The number of fused-ring (bicyclic) bond motifs is 3. The molecule has 3 aliphatic heterocycles. The second-order valence-corrected chi connectivity index (χ2v) is 27.3. The van der Waals surface area contributed by atoms with E-state index in [1.54, 1.807) is 53.7 Å². The monoisotopic (exact) mass is 1200 g/mol. The Morgan fingerprint density at radius 3 is 1.11 bits per heavy atom. The molecule has 9 rings (SSSR count). The Balaban J connectivity index is 0.000000177. The summed E-state index contributed by atoms with van der Waals surface area (Å²) in [5.41, 5.74) is 2.73. The summed E-state index contributed by atoms with van der Waals surface area (Å²) in [6, 6.07) is 11.8. The number of amides is 3. The van der Waals surface area contributed by atoms with Crippen LogP contribution in [0.25, 0.3) is 0 Å². The average molecular weight is 1200 g/mol. The van der Waals surface area contributed by atoms with Crippen molar-refractivity contribution >= 4 is 86.1 Å². The number of aliphatic imine (C=N–C) groups is 3. The van der Waals surface area contributed by atoms with Gasteiger partial charge in [0.25, 0.3) is 11.4 Å². The number of nitrogens with one attached hydrogen (secondary N) is 3. The summed E-state index contributed by atoms with van der Waals surface area (Å²) in [5, 5.41) is 31.7. The molecule has 0 unspecified atom stereocenters. The third kappa shape index (κ3) is 15.8. The first-order chi connectivity index (χ1) is 38.4. The Hall–Kier alpha value is -6.08. The largest absolute Gasteiger partial charge is 0.444 e. The van der Waals surface area contributed by atoms with Gasteiger partial charge in [-0.2, -0.15) is 0 Å². The van der Waals surface area contributed by atoms with Crippen molar-refractivity contribution in [2.45, 2.75) is 173 Å². The number of ether oxygens (including phenoxy) is 3. The number of nitrogen functional groups attached to an aromatic ring is 1. The van der Waals surface area contributed by atoms with Crippen molar-refractivity contribution in [1.82, 2.24) is 16.0 Å². The van der Waals surface area contributed by atoms with E-state index in [1.807, 2.05) is 20.8 Å². The number of rotatable bonds is 5. The Morgan fingerprint density at radius 1 is 0.524 bits per heavy atom. The minimum atomic E-state index is -0.913. The van der Waals surface area contributed by atoms with Gasteiger partial charge in [-0.1, -0.05) is 73.8 Å². The highest BCUT2D eigenvalue weighted by Crippen LogP contribution is 2.53. The Labute approximate surface area is 488 Å². The van der Waals surface area contributed by atoms with Crippen molar-refractivity contribution in [1.29, 1.82) is 0 Å². The number of nitro groups is 2. The van der Waals surface area contributed by atoms with Crippen molar-refractivity contribution in [3.8, 4) is 0 Å². The third-order valence-corrected chi connectivity index (χ3v) is 17.9. The van der Waals surface area contributed by atoms with Crippen LogP contribution in [0.15, 0.2) is 69.6 Å². The molecule has 82 heavy (non-hydrogen) atoms. The Kier molecular flexibility index (Phi) is 20.0. The molecule has 3 amide bonds. The number of hydrogen-bond acceptors (Lipinski definition) is 17. The first kappa shape index (κ1) is 63.5. The predicted molar refractivity (Wildman–Crippen MR) is 316 cm³/mol. The van der Waals surface area contributed by atoms with Crippen LogP contribution in [0.3, 0.4) is 0 Å². The molecule has 3 aromatic rings. The van der Waals surface area contributed by atoms with Crippen LogP contribution < -0.4 is 21.7 Å². The van der Waals surface area contributed by atoms with Crippen LogP contribution in [0.5, 0.6) is 0 Å². The number of hydrogen-bond donors (Lipinski definition) is 4. The fourth-order valence-corrected chi connectivity index (χ4v) is 14.9. The maximum Gasteiger partial charge on any atom is 0.413 e. The van der Waals surface area contributed by atoms with E-state index in [-0.39, 0.29) is 46.1 Å². The average Bonchev–Trinajstić information content (AvgIpc) is 3.32. The number of alkyl carbamates (subject to hydrolysis) is 3. The number of benzene rings is 3.